The lowest BCUT2D eigenvalue weighted by Crippen LogP contribution is -2.37. The van der Waals surface area contributed by atoms with Crippen molar-refractivity contribution >= 4 is 5.91 Å². The summed E-state index contributed by atoms with van der Waals surface area (Å²) < 4.78 is 5.55. The molecule has 4 heteroatoms. The molecule has 0 aromatic carbocycles. The van der Waals surface area contributed by atoms with E-state index in [1.54, 1.807) is 0 Å². The van der Waals surface area contributed by atoms with E-state index in [-0.39, 0.29) is 18.1 Å². The second kappa shape index (κ2) is 7.74. The van der Waals surface area contributed by atoms with Gasteiger partial charge in [-0.1, -0.05) is 27.7 Å². The minimum atomic E-state index is 0.0199. The molecule has 1 aliphatic heterocycles. The fourth-order valence-corrected chi connectivity index (χ4v) is 2.30. The molecule has 106 valence electrons. The molecule has 2 atom stereocenters. The van der Waals surface area contributed by atoms with E-state index in [1.807, 2.05) is 4.90 Å². The molecule has 2 unspecified atom stereocenters. The van der Waals surface area contributed by atoms with Gasteiger partial charge in [-0.25, -0.2) is 0 Å². The molecule has 1 amide bonds. The molecule has 1 heterocycles. The summed E-state index contributed by atoms with van der Waals surface area (Å²) in [5, 5.41) is 3.38. The number of amides is 1. The lowest BCUT2D eigenvalue weighted by atomic mass is 10.2. The zero-order chi connectivity index (χ0) is 13.5. The lowest BCUT2D eigenvalue weighted by molar-refractivity contribution is -0.130. The SMILES string of the molecule is CCC1NC(CC)N(CCCOCC(C)C)C1=O. The molecule has 1 fully saturated rings. The fraction of sp³-hybridized carbons (Fsp3) is 0.929. The van der Waals surface area contributed by atoms with Gasteiger partial charge in [0.25, 0.3) is 0 Å². The minimum absolute atomic E-state index is 0.0199. The highest BCUT2D eigenvalue weighted by atomic mass is 16.5. The highest BCUT2D eigenvalue weighted by Gasteiger charge is 2.35. The van der Waals surface area contributed by atoms with Crippen LogP contribution < -0.4 is 5.32 Å². The van der Waals surface area contributed by atoms with E-state index < -0.39 is 0 Å². The van der Waals surface area contributed by atoms with Crippen molar-refractivity contribution in [3.63, 3.8) is 0 Å². The molecule has 0 aliphatic carbocycles. The molecule has 0 saturated carbocycles. The second-order valence-electron chi connectivity index (χ2n) is 5.41. The summed E-state index contributed by atoms with van der Waals surface area (Å²) in [6.07, 6.45) is 2.98. The molecule has 0 radical (unpaired) electrons. The summed E-state index contributed by atoms with van der Waals surface area (Å²) in [6.45, 7) is 10.8. The molecule has 18 heavy (non-hydrogen) atoms. The van der Waals surface area contributed by atoms with E-state index in [0.717, 1.165) is 39.0 Å². The smallest absolute Gasteiger partial charge is 0.241 e. The normalized spacial score (nSPS) is 24.3. The Morgan fingerprint density at radius 2 is 2.06 bits per heavy atom. The van der Waals surface area contributed by atoms with Crippen LogP contribution in [0, 0.1) is 5.92 Å². The van der Waals surface area contributed by atoms with Crippen LogP contribution in [-0.2, 0) is 9.53 Å². The predicted octanol–water partition coefficient (Wildman–Crippen LogP) is 2.00. The topological polar surface area (TPSA) is 41.6 Å². The average molecular weight is 256 g/mol. The van der Waals surface area contributed by atoms with E-state index in [1.165, 1.54) is 0 Å². The zero-order valence-corrected chi connectivity index (χ0v) is 12.2. The molecule has 0 aromatic rings. The van der Waals surface area contributed by atoms with Crippen LogP contribution in [0.2, 0.25) is 0 Å². The van der Waals surface area contributed by atoms with E-state index in [0.29, 0.717) is 5.92 Å². The Kier molecular flexibility index (Phi) is 6.65. The summed E-state index contributed by atoms with van der Waals surface area (Å²) in [5.41, 5.74) is 0. The Balaban J connectivity index is 2.29. The number of ether oxygens (including phenoxy) is 1. The van der Waals surface area contributed by atoms with Gasteiger partial charge in [0, 0.05) is 19.8 Å². The van der Waals surface area contributed by atoms with Crippen LogP contribution in [0.5, 0.6) is 0 Å². The van der Waals surface area contributed by atoms with Gasteiger partial charge in [0.15, 0.2) is 0 Å². The Bertz CT molecular complexity index is 256. The van der Waals surface area contributed by atoms with Crippen LogP contribution >= 0.6 is 0 Å². The Hall–Kier alpha value is -0.610. The Morgan fingerprint density at radius 3 is 2.61 bits per heavy atom. The first-order chi connectivity index (χ1) is 8.60. The number of nitrogens with one attached hydrogen (secondary N) is 1. The largest absolute Gasteiger partial charge is 0.381 e. The van der Waals surface area contributed by atoms with Crippen molar-refractivity contribution in [3.05, 3.63) is 0 Å². The molecule has 0 aromatic heterocycles. The van der Waals surface area contributed by atoms with Crippen molar-refractivity contribution in [2.75, 3.05) is 19.8 Å². The van der Waals surface area contributed by atoms with Gasteiger partial charge in [0.2, 0.25) is 5.91 Å². The summed E-state index contributed by atoms with van der Waals surface area (Å²) in [4.78, 5) is 14.1. The van der Waals surface area contributed by atoms with Crippen molar-refractivity contribution in [1.82, 2.24) is 10.2 Å². The third-order valence-corrected chi connectivity index (χ3v) is 3.28. The third-order valence-electron chi connectivity index (χ3n) is 3.28. The van der Waals surface area contributed by atoms with Gasteiger partial charge in [0.05, 0.1) is 12.2 Å². The standard InChI is InChI=1S/C14H28N2O2/c1-5-12-14(17)16(13(6-2)15-12)8-7-9-18-10-11(3)4/h11-13,15H,5-10H2,1-4H3. The molecule has 0 bridgehead atoms. The second-order valence-corrected chi connectivity index (χ2v) is 5.41. The Morgan fingerprint density at radius 1 is 1.33 bits per heavy atom. The van der Waals surface area contributed by atoms with E-state index in [2.05, 4.69) is 33.0 Å². The molecule has 1 saturated heterocycles. The maximum Gasteiger partial charge on any atom is 0.241 e. The van der Waals surface area contributed by atoms with Crippen molar-refractivity contribution in [3.8, 4) is 0 Å². The monoisotopic (exact) mass is 256 g/mol. The van der Waals surface area contributed by atoms with E-state index >= 15 is 0 Å². The van der Waals surface area contributed by atoms with Gasteiger partial charge in [-0.15, -0.1) is 0 Å². The molecule has 1 N–H and O–H groups in total. The first kappa shape index (κ1) is 15.4. The summed E-state index contributed by atoms with van der Waals surface area (Å²) in [5.74, 6) is 0.834. The summed E-state index contributed by atoms with van der Waals surface area (Å²) in [6, 6.07) is 0.0199. The number of carbonyl (C=O) groups is 1. The highest BCUT2D eigenvalue weighted by Crippen LogP contribution is 2.15. The zero-order valence-electron chi connectivity index (χ0n) is 12.2. The summed E-state index contributed by atoms with van der Waals surface area (Å²) >= 11 is 0. The molecular weight excluding hydrogens is 228 g/mol. The van der Waals surface area contributed by atoms with Crippen LogP contribution in [0.25, 0.3) is 0 Å². The van der Waals surface area contributed by atoms with Crippen LogP contribution in [0.15, 0.2) is 0 Å². The molecular formula is C14H28N2O2. The summed E-state index contributed by atoms with van der Waals surface area (Å²) in [7, 11) is 0. The van der Waals surface area contributed by atoms with E-state index in [9.17, 15) is 4.79 Å². The number of hydrogen-bond donors (Lipinski definition) is 1. The third kappa shape index (κ3) is 4.25. The number of hydrogen-bond acceptors (Lipinski definition) is 3. The van der Waals surface area contributed by atoms with Crippen LogP contribution in [0.1, 0.15) is 47.0 Å². The molecule has 0 spiro atoms. The lowest BCUT2D eigenvalue weighted by Gasteiger charge is -2.23. The fourth-order valence-electron chi connectivity index (χ4n) is 2.30. The first-order valence-corrected chi connectivity index (χ1v) is 7.24. The van der Waals surface area contributed by atoms with Crippen molar-refractivity contribution < 1.29 is 9.53 Å². The molecule has 4 nitrogen and oxygen atoms in total. The van der Waals surface area contributed by atoms with Crippen molar-refractivity contribution in [2.45, 2.75) is 59.2 Å². The van der Waals surface area contributed by atoms with Crippen LogP contribution in [0.3, 0.4) is 0 Å². The van der Waals surface area contributed by atoms with Crippen molar-refractivity contribution in [2.24, 2.45) is 5.92 Å². The first-order valence-electron chi connectivity index (χ1n) is 7.24. The highest BCUT2D eigenvalue weighted by molar-refractivity contribution is 5.84. The van der Waals surface area contributed by atoms with Gasteiger partial charge in [0.1, 0.15) is 0 Å². The molecule has 1 aliphatic rings. The number of rotatable bonds is 8. The average Bonchev–Trinajstić information content (AvgIpc) is 2.65. The van der Waals surface area contributed by atoms with Gasteiger partial charge >= 0.3 is 0 Å². The van der Waals surface area contributed by atoms with Gasteiger partial charge in [-0.2, -0.15) is 0 Å². The predicted molar refractivity (Wildman–Crippen MR) is 73.3 cm³/mol. The maximum absolute atomic E-state index is 12.1. The van der Waals surface area contributed by atoms with Crippen LogP contribution in [0.4, 0.5) is 0 Å². The van der Waals surface area contributed by atoms with Gasteiger partial charge in [-0.3, -0.25) is 10.1 Å². The van der Waals surface area contributed by atoms with Crippen molar-refractivity contribution in [1.29, 1.82) is 0 Å². The Labute approximate surface area is 111 Å². The molecule has 1 rings (SSSR count). The van der Waals surface area contributed by atoms with E-state index in [4.69, 9.17) is 4.74 Å². The maximum atomic E-state index is 12.1. The minimum Gasteiger partial charge on any atom is -0.381 e. The van der Waals surface area contributed by atoms with Crippen LogP contribution in [-0.4, -0.2) is 42.8 Å². The van der Waals surface area contributed by atoms with Gasteiger partial charge in [-0.05, 0) is 25.2 Å². The number of nitrogens with zero attached hydrogens (tertiary/aromatic N) is 1. The van der Waals surface area contributed by atoms with Gasteiger partial charge < -0.3 is 9.64 Å². The quantitative estimate of drug-likeness (QED) is 0.675. The number of carbonyl (C=O) groups excluding carboxylic acids is 1.